The number of nitrogens with one attached hydrogen (secondary N) is 1. The lowest BCUT2D eigenvalue weighted by atomic mass is 10.2. The Kier molecular flexibility index (Phi) is 4.63. The Morgan fingerprint density at radius 2 is 1.84 bits per heavy atom. The van der Waals surface area contributed by atoms with E-state index in [4.69, 9.17) is 9.47 Å². The van der Waals surface area contributed by atoms with E-state index in [1.54, 1.807) is 25.6 Å². The highest BCUT2D eigenvalue weighted by Crippen LogP contribution is 2.34. The molecular formula is C14H18N2O2S. The van der Waals surface area contributed by atoms with Gasteiger partial charge in [-0.05, 0) is 18.6 Å². The van der Waals surface area contributed by atoms with Gasteiger partial charge in [0.1, 0.15) is 11.5 Å². The quantitative estimate of drug-likeness (QED) is 0.876. The van der Waals surface area contributed by atoms with Crippen molar-refractivity contribution in [3.63, 3.8) is 0 Å². The molecule has 0 spiro atoms. The average molecular weight is 278 g/mol. The number of benzene rings is 1. The van der Waals surface area contributed by atoms with Crippen molar-refractivity contribution in [3.05, 3.63) is 24.4 Å². The van der Waals surface area contributed by atoms with Crippen molar-refractivity contribution in [1.82, 2.24) is 4.98 Å². The minimum absolute atomic E-state index is 0.783. The zero-order chi connectivity index (χ0) is 13.7. The molecule has 0 radical (unpaired) electrons. The average Bonchev–Trinajstić information content (AvgIpc) is 2.93. The summed E-state index contributed by atoms with van der Waals surface area (Å²) in [5.41, 5.74) is 1.05. The summed E-state index contributed by atoms with van der Waals surface area (Å²) in [5, 5.41) is 4.23. The van der Waals surface area contributed by atoms with Crippen LogP contribution >= 0.6 is 11.3 Å². The van der Waals surface area contributed by atoms with Crippen molar-refractivity contribution in [2.45, 2.75) is 13.3 Å². The van der Waals surface area contributed by atoms with Crippen LogP contribution in [0.3, 0.4) is 0 Å². The van der Waals surface area contributed by atoms with Gasteiger partial charge in [0.05, 0.1) is 19.1 Å². The number of rotatable bonds is 6. The lowest BCUT2D eigenvalue weighted by Crippen LogP contribution is -1.97. The predicted octanol–water partition coefficient (Wildman–Crippen LogP) is 3.65. The number of thiazole rings is 1. The zero-order valence-electron chi connectivity index (χ0n) is 11.4. The van der Waals surface area contributed by atoms with Crippen LogP contribution in [0, 0.1) is 0 Å². The molecule has 1 heterocycles. The van der Waals surface area contributed by atoms with Crippen molar-refractivity contribution in [2.75, 3.05) is 26.1 Å². The topological polar surface area (TPSA) is 43.4 Å². The van der Waals surface area contributed by atoms with Crippen molar-refractivity contribution in [1.29, 1.82) is 0 Å². The monoisotopic (exact) mass is 278 g/mol. The van der Waals surface area contributed by atoms with Crippen molar-refractivity contribution >= 4 is 16.5 Å². The van der Waals surface area contributed by atoms with Crippen molar-refractivity contribution in [3.8, 4) is 21.9 Å². The van der Waals surface area contributed by atoms with Gasteiger partial charge in [-0.2, -0.15) is 0 Å². The van der Waals surface area contributed by atoms with Gasteiger partial charge >= 0.3 is 0 Å². The van der Waals surface area contributed by atoms with Crippen LogP contribution in [0.25, 0.3) is 10.4 Å². The fourth-order valence-electron chi connectivity index (χ4n) is 1.67. The Bertz CT molecular complexity index is 518. The third-order valence-electron chi connectivity index (χ3n) is 2.67. The van der Waals surface area contributed by atoms with E-state index >= 15 is 0 Å². The summed E-state index contributed by atoms with van der Waals surface area (Å²) in [6.07, 6.45) is 2.96. The molecule has 0 aliphatic carbocycles. The summed E-state index contributed by atoms with van der Waals surface area (Å²) in [4.78, 5) is 5.46. The first-order valence-electron chi connectivity index (χ1n) is 6.20. The van der Waals surface area contributed by atoms with Gasteiger partial charge in [0.25, 0.3) is 0 Å². The zero-order valence-corrected chi connectivity index (χ0v) is 12.2. The molecule has 0 saturated carbocycles. The summed E-state index contributed by atoms with van der Waals surface area (Å²) >= 11 is 1.63. The van der Waals surface area contributed by atoms with Crippen LogP contribution < -0.4 is 14.8 Å². The van der Waals surface area contributed by atoms with Gasteiger partial charge in [-0.3, -0.25) is 0 Å². The molecule has 0 aliphatic rings. The number of anilines is 1. The second-order valence-corrected chi connectivity index (χ2v) is 5.09. The van der Waals surface area contributed by atoms with Gasteiger partial charge in [-0.15, -0.1) is 0 Å². The molecule has 1 aromatic heterocycles. The van der Waals surface area contributed by atoms with Crippen molar-refractivity contribution < 1.29 is 9.47 Å². The first-order valence-corrected chi connectivity index (χ1v) is 7.01. The number of hydrogen-bond donors (Lipinski definition) is 1. The molecule has 0 atom stereocenters. The summed E-state index contributed by atoms with van der Waals surface area (Å²) < 4.78 is 10.6. The molecule has 0 amide bonds. The van der Waals surface area contributed by atoms with E-state index < -0.39 is 0 Å². The molecule has 19 heavy (non-hydrogen) atoms. The molecule has 5 heteroatoms. The third-order valence-corrected chi connectivity index (χ3v) is 3.67. The molecule has 102 valence electrons. The maximum Gasteiger partial charge on any atom is 0.183 e. The molecule has 0 saturated heterocycles. The lowest BCUT2D eigenvalue weighted by molar-refractivity contribution is 0.394. The summed E-state index contributed by atoms with van der Waals surface area (Å²) in [6.45, 7) is 3.07. The molecule has 2 aromatic rings. The van der Waals surface area contributed by atoms with Crippen LogP contribution in [0.4, 0.5) is 5.13 Å². The van der Waals surface area contributed by atoms with Crippen LogP contribution in [0.2, 0.25) is 0 Å². The minimum Gasteiger partial charge on any atom is -0.497 e. The molecule has 0 unspecified atom stereocenters. The molecule has 2 rings (SSSR count). The maximum absolute atomic E-state index is 5.28. The van der Waals surface area contributed by atoms with E-state index in [9.17, 15) is 0 Å². The normalized spacial score (nSPS) is 10.3. The Morgan fingerprint density at radius 3 is 2.42 bits per heavy atom. The summed E-state index contributed by atoms with van der Waals surface area (Å²) in [7, 11) is 3.30. The molecule has 1 N–H and O–H groups in total. The van der Waals surface area contributed by atoms with Crippen LogP contribution in [0.5, 0.6) is 11.5 Å². The van der Waals surface area contributed by atoms with Gasteiger partial charge < -0.3 is 14.8 Å². The van der Waals surface area contributed by atoms with Crippen LogP contribution in [-0.4, -0.2) is 25.7 Å². The van der Waals surface area contributed by atoms with E-state index in [1.807, 2.05) is 24.4 Å². The van der Waals surface area contributed by atoms with E-state index in [0.717, 1.165) is 40.0 Å². The van der Waals surface area contributed by atoms with E-state index in [-0.39, 0.29) is 0 Å². The number of aromatic nitrogens is 1. The summed E-state index contributed by atoms with van der Waals surface area (Å²) in [5.74, 6) is 1.57. The maximum atomic E-state index is 5.28. The van der Waals surface area contributed by atoms with Crippen LogP contribution in [0.1, 0.15) is 13.3 Å². The number of nitrogens with zero attached hydrogens (tertiary/aromatic N) is 1. The number of hydrogen-bond acceptors (Lipinski definition) is 5. The second-order valence-electron chi connectivity index (χ2n) is 4.06. The Hall–Kier alpha value is -1.75. The number of methoxy groups -OCH3 is 2. The summed E-state index contributed by atoms with van der Waals surface area (Å²) in [6, 6.07) is 5.83. The van der Waals surface area contributed by atoms with Gasteiger partial charge in [0, 0.05) is 24.4 Å². The molecule has 0 aliphatic heterocycles. The minimum atomic E-state index is 0.783. The second kappa shape index (κ2) is 6.43. The Morgan fingerprint density at radius 1 is 1.16 bits per heavy atom. The van der Waals surface area contributed by atoms with E-state index in [2.05, 4.69) is 17.2 Å². The van der Waals surface area contributed by atoms with Crippen LogP contribution in [-0.2, 0) is 0 Å². The van der Waals surface area contributed by atoms with Gasteiger partial charge in [0.2, 0.25) is 0 Å². The fraction of sp³-hybridized carbons (Fsp3) is 0.357. The number of ether oxygens (including phenoxy) is 2. The highest BCUT2D eigenvalue weighted by atomic mass is 32.1. The molecule has 1 aromatic carbocycles. The van der Waals surface area contributed by atoms with Gasteiger partial charge in [0.15, 0.2) is 5.13 Å². The molecule has 0 fully saturated rings. The lowest BCUT2D eigenvalue weighted by Gasteiger charge is -2.06. The van der Waals surface area contributed by atoms with Gasteiger partial charge in [-0.25, -0.2) is 4.98 Å². The smallest absolute Gasteiger partial charge is 0.183 e. The first kappa shape index (κ1) is 13.7. The fourth-order valence-corrected chi connectivity index (χ4v) is 2.50. The SMILES string of the molecule is CCCNc1ncc(-c2cc(OC)cc(OC)c2)s1. The third kappa shape index (κ3) is 3.38. The molecule has 0 bridgehead atoms. The first-order chi connectivity index (χ1) is 9.26. The van der Waals surface area contributed by atoms with Gasteiger partial charge in [-0.1, -0.05) is 18.3 Å². The molecular weight excluding hydrogens is 260 g/mol. The Balaban J connectivity index is 2.27. The van der Waals surface area contributed by atoms with Crippen LogP contribution in [0.15, 0.2) is 24.4 Å². The van der Waals surface area contributed by atoms with Crippen molar-refractivity contribution in [2.24, 2.45) is 0 Å². The highest BCUT2D eigenvalue weighted by molar-refractivity contribution is 7.18. The highest BCUT2D eigenvalue weighted by Gasteiger charge is 2.08. The molecule has 4 nitrogen and oxygen atoms in total. The Labute approximate surface area is 117 Å². The largest absolute Gasteiger partial charge is 0.497 e. The standard InChI is InChI=1S/C14H18N2O2S/c1-4-5-15-14-16-9-13(19-14)10-6-11(17-2)8-12(7-10)18-3/h6-9H,4-5H2,1-3H3,(H,15,16). The van der Waals surface area contributed by atoms with E-state index in [1.165, 1.54) is 0 Å². The predicted molar refractivity (Wildman–Crippen MR) is 79.4 cm³/mol. The van der Waals surface area contributed by atoms with E-state index in [0.29, 0.717) is 0 Å².